The summed E-state index contributed by atoms with van der Waals surface area (Å²) in [5.74, 6) is -2.41. The molecule has 13 nitrogen and oxygen atoms in total. The second kappa shape index (κ2) is 14.8. The highest BCUT2D eigenvalue weighted by molar-refractivity contribution is 7.91. The number of nitrogen functional groups attached to an aromatic ring is 1. The molecule has 286 valence electrons. The Balaban J connectivity index is 0.994. The highest BCUT2D eigenvalue weighted by atomic mass is 32.2. The quantitative estimate of drug-likeness (QED) is 0.0998. The molecule has 0 aliphatic heterocycles. The summed E-state index contributed by atoms with van der Waals surface area (Å²) in [6.45, 7) is 1.55. The standard InChI is InChI=1S/C41H35N3O10S2/c1-23(43-41(48)54-22-32-28-14-4-2-12-26(28)27-13-3-5-15-29(27)32)34(45)18-9-19-55(49,50)25-11-8-10-24(20-25)44-33-21-35(56(51,52)53)38(42)37-36(33)39(46)30-16-6-7-17-31(30)40(37)47/h2-8,10-17,20-21,23,32,44H,9,18-19,22,42H2,1H3,(H,43,48)(H,51,52,53)/p-1. The van der Waals surface area contributed by atoms with E-state index < -0.39 is 71.3 Å². The van der Waals surface area contributed by atoms with E-state index in [1.807, 2.05) is 48.5 Å². The van der Waals surface area contributed by atoms with Crippen LogP contribution in [0.3, 0.4) is 0 Å². The Labute approximate surface area is 322 Å². The molecule has 1 unspecified atom stereocenters. The molecule has 1 atom stereocenters. The second-order valence-corrected chi connectivity index (χ2v) is 16.9. The average Bonchev–Trinajstić information content (AvgIpc) is 3.49. The number of alkyl carbamates (subject to hydrolysis) is 1. The van der Waals surface area contributed by atoms with Crippen molar-refractivity contribution in [2.75, 3.05) is 23.4 Å². The monoisotopic (exact) mass is 792 g/mol. The Morgan fingerprint density at radius 1 is 0.786 bits per heavy atom. The molecule has 2 aliphatic rings. The molecule has 2 aliphatic carbocycles. The summed E-state index contributed by atoms with van der Waals surface area (Å²) >= 11 is 0. The minimum absolute atomic E-state index is 0.0166. The molecule has 0 aromatic heterocycles. The van der Waals surface area contributed by atoms with Crippen LogP contribution in [-0.2, 0) is 29.5 Å². The minimum atomic E-state index is -5.22. The number of ether oxygens (including phenoxy) is 1. The number of nitrogens with two attached hydrogens (primary N) is 1. The summed E-state index contributed by atoms with van der Waals surface area (Å²) in [6.07, 6.45) is -1.01. The van der Waals surface area contributed by atoms with Gasteiger partial charge in [0, 0.05) is 29.2 Å². The number of rotatable bonds is 12. The first kappa shape index (κ1) is 38.1. The Hall–Kier alpha value is -6.16. The zero-order chi connectivity index (χ0) is 39.9. The van der Waals surface area contributed by atoms with E-state index in [1.165, 1.54) is 49.4 Å². The molecule has 56 heavy (non-hydrogen) atoms. The van der Waals surface area contributed by atoms with Gasteiger partial charge in [-0.05, 0) is 59.9 Å². The number of carbonyl (C=O) groups excluding carboxylic acids is 4. The maximum absolute atomic E-state index is 13.6. The van der Waals surface area contributed by atoms with E-state index in [-0.39, 0.29) is 58.3 Å². The predicted molar refractivity (Wildman–Crippen MR) is 206 cm³/mol. The average molecular weight is 793 g/mol. The van der Waals surface area contributed by atoms with Crippen LogP contribution < -0.4 is 16.4 Å². The van der Waals surface area contributed by atoms with Crippen LogP contribution in [0.25, 0.3) is 11.1 Å². The van der Waals surface area contributed by atoms with Gasteiger partial charge >= 0.3 is 6.09 Å². The van der Waals surface area contributed by atoms with Crippen molar-refractivity contribution in [3.63, 3.8) is 0 Å². The van der Waals surface area contributed by atoms with Gasteiger partial charge in [0.1, 0.15) is 16.7 Å². The number of sulfone groups is 1. The second-order valence-electron chi connectivity index (χ2n) is 13.5. The van der Waals surface area contributed by atoms with Crippen molar-refractivity contribution >= 4 is 60.5 Å². The molecule has 0 fully saturated rings. The van der Waals surface area contributed by atoms with Crippen molar-refractivity contribution in [1.29, 1.82) is 0 Å². The van der Waals surface area contributed by atoms with E-state index in [1.54, 1.807) is 6.07 Å². The maximum atomic E-state index is 13.6. The smallest absolute Gasteiger partial charge is 0.407 e. The van der Waals surface area contributed by atoms with Crippen LogP contribution in [0.4, 0.5) is 21.9 Å². The van der Waals surface area contributed by atoms with E-state index >= 15 is 0 Å². The van der Waals surface area contributed by atoms with Crippen LogP contribution in [0.15, 0.2) is 113 Å². The van der Waals surface area contributed by atoms with Crippen LogP contribution in [0, 0.1) is 0 Å². The van der Waals surface area contributed by atoms with Gasteiger partial charge in [0.25, 0.3) is 0 Å². The molecular weight excluding hydrogens is 759 g/mol. The number of carbonyl (C=O) groups is 4. The SMILES string of the molecule is CC(NC(=O)OCC1c2ccccc2-c2ccccc21)C(=O)CCCS(=O)(=O)c1cccc(Nc2cc(S(=O)(=O)[O-])c(N)c3c2C(=O)c2ccccc2C3=O)c1. The van der Waals surface area contributed by atoms with Crippen molar-refractivity contribution in [2.45, 2.75) is 41.5 Å². The summed E-state index contributed by atoms with van der Waals surface area (Å²) in [7, 11) is -9.21. The van der Waals surface area contributed by atoms with Gasteiger partial charge in [0.2, 0.25) is 0 Å². The number of hydrogen-bond acceptors (Lipinski definition) is 12. The lowest BCUT2D eigenvalue weighted by molar-refractivity contribution is -0.120. The number of fused-ring (bicyclic) bond motifs is 5. The number of ketones is 3. The van der Waals surface area contributed by atoms with Gasteiger partial charge in [0.15, 0.2) is 27.2 Å². The predicted octanol–water partition coefficient (Wildman–Crippen LogP) is 5.74. The largest absolute Gasteiger partial charge is 0.744 e. The molecular formula is C41H34N3O10S2-. The van der Waals surface area contributed by atoms with Crippen molar-refractivity contribution in [1.82, 2.24) is 5.32 Å². The Morgan fingerprint density at radius 3 is 1.96 bits per heavy atom. The maximum Gasteiger partial charge on any atom is 0.407 e. The molecule has 0 saturated heterocycles. The first-order valence-electron chi connectivity index (χ1n) is 17.5. The van der Waals surface area contributed by atoms with Gasteiger partial charge in [-0.15, -0.1) is 0 Å². The topological polar surface area (TPSA) is 219 Å². The molecule has 0 spiro atoms. The lowest BCUT2D eigenvalue weighted by atomic mass is 9.82. The molecule has 5 aromatic carbocycles. The van der Waals surface area contributed by atoms with Crippen molar-refractivity contribution in [3.05, 3.63) is 137 Å². The van der Waals surface area contributed by atoms with Crippen LogP contribution in [0.5, 0.6) is 0 Å². The number of hydrogen-bond donors (Lipinski definition) is 3. The number of anilines is 3. The molecule has 0 heterocycles. The molecule has 7 rings (SSSR count). The molecule has 5 aromatic rings. The molecule has 0 radical (unpaired) electrons. The van der Waals surface area contributed by atoms with E-state index in [2.05, 4.69) is 10.6 Å². The fraction of sp³-hybridized carbons (Fsp3) is 0.171. The van der Waals surface area contributed by atoms with Gasteiger partial charge in [-0.25, -0.2) is 21.6 Å². The van der Waals surface area contributed by atoms with Gasteiger partial charge in [-0.2, -0.15) is 0 Å². The Kier molecular flexibility index (Phi) is 10.1. The van der Waals surface area contributed by atoms with Crippen molar-refractivity contribution in [2.24, 2.45) is 0 Å². The Bertz CT molecular complexity index is 2650. The number of amides is 1. The minimum Gasteiger partial charge on any atom is -0.744 e. The zero-order valence-corrected chi connectivity index (χ0v) is 31.4. The lowest BCUT2D eigenvalue weighted by Gasteiger charge is -2.25. The molecule has 15 heteroatoms. The summed E-state index contributed by atoms with van der Waals surface area (Å²) < 4.78 is 68.8. The van der Waals surface area contributed by atoms with Crippen molar-refractivity contribution in [3.8, 4) is 11.1 Å². The zero-order valence-electron chi connectivity index (χ0n) is 29.8. The number of nitrogens with one attached hydrogen (secondary N) is 2. The Morgan fingerprint density at radius 2 is 1.36 bits per heavy atom. The third-order valence-corrected chi connectivity index (χ3v) is 12.6. The third-order valence-electron chi connectivity index (χ3n) is 9.94. The summed E-state index contributed by atoms with van der Waals surface area (Å²) in [6, 6.07) is 26.9. The first-order chi connectivity index (χ1) is 26.7. The van der Waals surface area contributed by atoms with Gasteiger partial charge < -0.3 is 25.7 Å². The fourth-order valence-corrected chi connectivity index (χ4v) is 9.18. The number of Topliss-reactive ketones (excluding diaryl/α,β-unsaturated/α-hetero) is 1. The highest BCUT2D eigenvalue weighted by Crippen LogP contribution is 2.45. The van der Waals surface area contributed by atoms with Crippen molar-refractivity contribution < 1.29 is 45.3 Å². The highest BCUT2D eigenvalue weighted by Gasteiger charge is 2.36. The molecule has 0 saturated carbocycles. The molecule has 0 bridgehead atoms. The third kappa shape index (κ3) is 7.19. The summed E-state index contributed by atoms with van der Waals surface area (Å²) in [5.41, 5.74) is 8.72. The van der Waals surface area contributed by atoms with Gasteiger partial charge in [0.05, 0.1) is 44.1 Å². The normalized spacial score (nSPS) is 13.9. The van der Waals surface area contributed by atoms with Gasteiger partial charge in [-0.1, -0.05) is 78.9 Å². The van der Waals surface area contributed by atoms with Crippen LogP contribution in [0.2, 0.25) is 0 Å². The van der Waals surface area contributed by atoms with E-state index in [0.717, 1.165) is 28.3 Å². The van der Waals surface area contributed by atoms with E-state index in [0.29, 0.717) is 0 Å². The van der Waals surface area contributed by atoms with E-state index in [4.69, 9.17) is 10.5 Å². The molecule has 1 amide bonds. The van der Waals surface area contributed by atoms with Crippen LogP contribution in [-0.4, -0.2) is 63.2 Å². The molecule has 4 N–H and O–H groups in total. The lowest BCUT2D eigenvalue weighted by Crippen LogP contribution is -2.39. The fourth-order valence-electron chi connectivity index (χ4n) is 7.19. The number of benzene rings is 5. The summed E-state index contributed by atoms with van der Waals surface area (Å²) in [4.78, 5) is 51.6. The van der Waals surface area contributed by atoms with Gasteiger partial charge in [-0.3, -0.25) is 14.4 Å². The first-order valence-corrected chi connectivity index (χ1v) is 20.6. The van der Waals surface area contributed by atoms with E-state index in [9.17, 15) is 40.6 Å². The summed E-state index contributed by atoms with van der Waals surface area (Å²) in [5, 5.41) is 5.34. The van der Waals surface area contributed by atoms with Crippen LogP contribution in [0.1, 0.15) is 68.7 Å². The van der Waals surface area contributed by atoms with Crippen LogP contribution >= 0.6 is 0 Å².